The highest BCUT2D eigenvalue weighted by atomic mass is 16.5. The van der Waals surface area contributed by atoms with Crippen molar-refractivity contribution in [3.63, 3.8) is 0 Å². The molecule has 1 N–H and O–H groups in total. The Kier molecular flexibility index (Phi) is 4.01. The molecular formula is C20H19N5O. The predicted octanol–water partition coefficient (Wildman–Crippen LogP) is 4.18. The summed E-state index contributed by atoms with van der Waals surface area (Å²) in [6, 6.07) is 14.0. The summed E-state index contributed by atoms with van der Waals surface area (Å²) in [5.41, 5.74) is 5.03. The summed E-state index contributed by atoms with van der Waals surface area (Å²) in [5.74, 6) is 1.49. The summed E-state index contributed by atoms with van der Waals surface area (Å²) in [6.07, 6.45) is 3.34. The van der Waals surface area contributed by atoms with Gasteiger partial charge < -0.3 is 10.1 Å². The van der Waals surface area contributed by atoms with Crippen LogP contribution in [0.3, 0.4) is 0 Å². The third-order valence-corrected chi connectivity index (χ3v) is 4.28. The first-order valence-corrected chi connectivity index (χ1v) is 8.33. The number of ether oxygens (including phenoxy) is 1. The lowest BCUT2D eigenvalue weighted by molar-refractivity contribution is 0.415. The zero-order valence-electron chi connectivity index (χ0n) is 14.9. The number of benzene rings is 2. The summed E-state index contributed by atoms with van der Waals surface area (Å²) in [6.45, 7) is 4.16. The average Bonchev–Trinajstić information content (AvgIpc) is 3.07. The standard InChI is InChI=1S/C20H19N5O/c1-13-7-8-18(14(2)9-13)25-20-17(11-23-25)19(21-12-22-20)24-15-5-4-6-16(10-15)26-3/h4-12H,1-3H3,(H,21,22,24). The van der Waals surface area contributed by atoms with Gasteiger partial charge in [0.2, 0.25) is 0 Å². The van der Waals surface area contributed by atoms with Gasteiger partial charge in [0.15, 0.2) is 5.65 Å². The SMILES string of the molecule is COc1cccc(Nc2ncnc3c2cnn3-c2ccc(C)cc2C)c1. The van der Waals surface area contributed by atoms with E-state index in [1.54, 1.807) is 19.6 Å². The molecular weight excluding hydrogens is 326 g/mol. The summed E-state index contributed by atoms with van der Waals surface area (Å²) in [4.78, 5) is 8.83. The van der Waals surface area contributed by atoms with Gasteiger partial charge in [-0.2, -0.15) is 5.10 Å². The molecule has 4 rings (SSSR count). The molecule has 0 radical (unpaired) electrons. The van der Waals surface area contributed by atoms with Crippen LogP contribution in [0.5, 0.6) is 5.75 Å². The minimum absolute atomic E-state index is 0.708. The van der Waals surface area contributed by atoms with Crippen molar-refractivity contribution in [2.24, 2.45) is 0 Å². The number of fused-ring (bicyclic) bond motifs is 1. The van der Waals surface area contributed by atoms with Gasteiger partial charge >= 0.3 is 0 Å². The Bertz CT molecular complexity index is 1090. The van der Waals surface area contributed by atoms with Crippen molar-refractivity contribution in [1.82, 2.24) is 19.7 Å². The number of rotatable bonds is 4. The zero-order valence-corrected chi connectivity index (χ0v) is 14.9. The molecule has 4 aromatic rings. The Morgan fingerprint density at radius 1 is 1.04 bits per heavy atom. The van der Waals surface area contributed by atoms with Crippen LogP contribution < -0.4 is 10.1 Å². The maximum Gasteiger partial charge on any atom is 0.168 e. The third-order valence-electron chi connectivity index (χ3n) is 4.28. The minimum atomic E-state index is 0.708. The Morgan fingerprint density at radius 3 is 2.73 bits per heavy atom. The second kappa shape index (κ2) is 6.48. The van der Waals surface area contributed by atoms with Crippen LogP contribution in [0.25, 0.3) is 16.7 Å². The van der Waals surface area contributed by atoms with Crippen LogP contribution in [-0.2, 0) is 0 Å². The fourth-order valence-corrected chi connectivity index (χ4v) is 3.00. The van der Waals surface area contributed by atoms with Crippen LogP contribution in [0.2, 0.25) is 0 Å². The molecule has 0 aliphatic rings. The van der Waals surface area contributed by atoms with E-state index in [1.807, 2.05) is 28.9 Å². The molecule has 130 valence electrons. The maximum absolute atomic E-state index is 5.28. The smallest absolute Gasteiger partial charge is 0.168 e. The van der Waals surface area contributed by atoms with Crippen LogP contribution in [0, 0.1) is 13.8 Å². The Labute approximate surface area is 151 Å². The first-order valence-electron chi connectivity index (χ1n) is 8.33. The molecule has 0 amide bonds. The maximum atomic E-state index is 5.28. The molecule has 0 unspecified atom stereocenters. The van der Waals surface area contributed by atoms with Crippen LogP contribution in [0.1, 0.15) is 11.1 Å². The fourth-order valence-electron chi connectivity index (χ4n) is 3.00. The Morgan fingerprint density at radius 2 is 1.92 bits per heavy atom. The predicted molar refractivity (Wildman–Crippen MR) is 102 cm³/mol. The normalized spacial score (nSPS) is 10.9. The number of nitrogens with zero attached hydrogens (tertiary/aromatic N) is 4. The highest BCUT2D eigenvalue weighted by Crippen LogP contribution is 2.27. The van der Waals surface area contributed by atoms with Gasteiger partial charge in [-0.25, -0.2) is 14.6 Å². The summed E-state index contributed by atoms with van der Waals surface area (Å²) in [7, 11) is 1.65. The highest BCUT2D eigenvalue weighted by molar-refractivity contribution is 5.89. The molecule has 2 aromatic carbocycles. The first-order chi connectivity index (χ1) is 12.7. The van der Waals surface area contributed by atoms with Crippen molar-refractivity contribution in [3.05, 3.63) is 66.1 Å². The first kappa shape index (κ1) is 16.1. The second-order valence-electron chi connectivity index (χ2n) is 6.16. The van der Waals surface area contributed by atoms with Crippen LogP contribution >= 0.6 is 0 Å². The Balaban J connectivity index is 1.77. The largest absolute Gasteiger partial charge is 0.497 e. The molecule has 0 saturated carbocycles. The third kappa shape index (κ3) is 2.86. The van der Waals surface area contributed by atoms with E-state index in [-0.39, 0.29) is 0 Å². The van der Waals surface area contributed by atoms with Gasteiger partial charge in [-0.15, -0.1) is 0 Å². The summed E-state index contributed by atoms with van der Waals surface area (Å²) >= 11 is 0. The van der Waals surface area contributed by atoms with E-state index < -0.39 is 0 Å². The van der Waals surface area contributed by atoms with Gasteiger partial charge in [-0.1, -0.05) is 23.8 Å². The van der Waals surface area contributed by atoms with Gasteiger partial charge in [0.25, 0.3) is 0 Å². The van der Waals surface area contributed by atoms with E-state index in [4.69, 9.17) is 4.74 Å². The molecule has 2 aromatic heterocycles. The molecule has 0 saturated heterocycles. The van der Waals surface area contributed by atoms with Crippen molar-refractivity contribution in [2.45, 2.75) is 13.8 Å². The molecule has 0 atom stereocenters. The quantitative estimate of drug-likeness (QED) is 0.601. The molecule has 2 heterocycles. The summed E-state index contributed by atoms with van der Waals surface area (Å²) < 4.78 is 7.13. The number of hydrogen-bond donors (Lipinski definition) is 1. The number of hydrogen-bond acceptors (Lipinski definition) is 5. The second-order valence-corrected chi connectivity index (χ2v) is 6.16. The molecule has 0 bridgehead atoms. The lowest BCUT2D eigenvalue weighted by Crippen LogP contribution is -2.01. The van der Waals surface area contributed by atoms with E-state index in [2.05, 4.69) is 52.4 Å². The molecule has 0 spiro atoms. The fraction of sp³-hybridized carbons (Fsp3) is 0.150. The van der Waals surface area contributed by atoms with Gasteiger partial charge in [-0.3, -0.25) is 0 Å². The average molecular weight is 345 g/mol. The van der Waals surface area contributed by atoms with E-state index >= 15 is 0 Å². The van der Waals surface area contributed by atoms with Crippen molar-refractivity contribution in [2.75, 3.05) is 12.4 Å². The number of aryl methyl sites for hydroxylation is 2. The van der Waals surface area contributed by atoms with Crippen molar-refractivity contribution >= 4 is 22.5 Å². The molecule has 0 fully saturated rings. The Hall–Kier alpha value is -3.41. The molecule has 6 nitrogen and oxygen atoms in total. The van der Waals surface area contributed by atoms with Crippen LogP contribution in [0.4, 0.5) is 11.5 Å². The van der Waals surface area contributed by atoms with E-state index in [9.17, 15) is 0 Å². The van der Waals surface area contributed by atoms with Crippen molar-refractivity contribution in [1.29, 1.82) is 0 Å². The highest BCUT2D eigenvalue weighted by Gasteiger charge is 2.13. The lowest BCUT2D eigenvalue weighted by Gasteiger charge is -2.09. The van der Waals surface area contributed by atoms with Gasteiger partial charge in [0.05, 0.1) is 24.4 Å². The molecule has 0 aliphatic carbocycles. The van der Waals surface area contributed by atoms with E-state index in [1.165, 1.54) is 5.56 Å². The topological polar surface area (TPSA) is 64.9 Å². The molecule has 0 aliphatic heterocycles. The number of aromatic nitrogens is 4. The van der Waals surface area contributed by atoms with Gasteiger partial charge in [0, 0.05) is 11.8 Å². The minimum Gasteiger partial charge on any atom is -0.497 e. The monoisotopic (exact) mass is 345 g/mol. The zero-order chi connectivity index (χ0) is 18.1. The molecule has 6 heteroatoms. The van der Waals surface area contributed by atoms with Gasteiger partial charge in [-0.05, 0) is 37.6 Å². The number of anilines is 2. The number of methoxy groups -OCH3 is 1. The van der Waals surface area contributed by atoms with E-state index in [0.29, 0.717) is 5.82 Å². The van der Waals surface area contributed by atoms with Crippen LogP contribution in [0.15, 0.2) is 55.0 Å². The van der Waals surface area contributed by atoms with Crippen molar-refractivity contribution in [3.8, 4) is 11.4 Å². The van der Waals surface area contributed by atoms with Crippen LogP contribution in [-0.4, -0.2) is 26.9 Å². The number of nitrogens with one attached hydrogen (secondary N) is 1. The van der Waals surface area contributed by atoms with Crippen molar-refractivity contribution < 1.29 is 4.74 Å². The van der Waals surface area contributed by atoms with Gasteiger partial charge in [0.1, 0.15) is 17.9 Å². The molecule has 26 heavy (non-hydrogen) atoms. The lowest BCUT2D eigenvalue weighted by atomic mass is 10.1. The van der Waals surface area contributed by atoms with E-state index in [0.717, 1.165) is 33.7 Å². The summed E-state index contributed by atoms with van der Waals surface area (Å²) in [5, 5.41) is 8.72.